The van der Waals surface area contributed by atoms with Crippen molar-refractivity contribution >= 4 is 27.3 Å². The number of likely N-dealkylation sites (N-methyl/N-ethyl adjacent to an activating group) is 1. The van der Waals surface area contributed by atoms with E-state index in [0.717, 1.165) is 13.1 Å². The summed E-state index contributed by atoms with van der Waals surface area (Å²) >= 11 is 5.33. The molecule has 1 aromatic heterocycles. The minimum atomic E-state index is 0.710. The molecule has 14 heavy (non-hydrogen) atoms. The van der Waals surface area contributed by atoms with Gasteiger partial charge >= 0.3 is 0 Å². The quantitative estimate of drug-likeness (QED) is 0.910. The molecule has 1 atom stereocenters. The van der Waals surface area contributed by atoms with Crippen LogP contribution in [-0.4, -0.2) is 31.1 Å². The SMILES string of the molecule is CN(Cc1cscc1Br)C1CCNC1. The smallest absolute Gasteiger partial charge is 0.0327 e. The van der Waals surface area contributed by atoms with E-state index in [4.69, 9.17) is 0 Å². The predicted octanol–water partition coefficient (Wildman–Crippen LogP) is 2.30. The summed E-state index contributed by atoms with van der Waals surface area (Å²) in [6.07, 6.45) is 1.28. The summed E-state index contributed by atoms with van der Waals surface area (Å²) in [6, 6.07) is 0.710. The van der Waals surface area contributed by atoms with Crippen molar-refractivity contribution in [1.82, 2.24) is 10.2 Å². The van der Waals surface area contributed by atoms with Gasteiger partial charge in [0.1, 0.15) is 0 Å². The summed E-state index contributed by atoms with van der Waals surface area (Å²) in [4.78, 5) is 2.44. The monoisotopic (exact) mass is 274 g/mol. The lowest BCUT2D eigenvalue weighted by Crippen LogP contribution is -2.32. The Hall–Kier alpha value is 0.1000. The highest BCUT2D eigenvalue weighted by Gasteiger charge is 2.19. The average Bonchev–Trinajstić information content (AvgIpc) is 2.77. The number of halogens is 1. The van der Waals surface area contributed by atoms with Gasteiger partial charge in [-0.05, 0) is 46.9 Å². The van der Waals surface area contributed by atoms with Crippen LogP contribution in [-0.2, 0) is 6.54 Å². The lowest BCUT2D eigenvalue weighted by atomic mass is 10.2. The summed E-state index contributed by atoms with van der Waals surface area (Å²) in [7, 11) is 2.21. The van der Waals surface area contributed by atoms with Crippen LogP contribution in [0, 0.1) is 0 Å². The lowest BCUT2D eigenvalue weighted by molar-refractivity contribution is 0.249. The Bertz CT molecular complexity index is 294. The predicted molar refractivity (Wildman–Crippen MR) is 64.8 cm³/mol. The Balaban J connectivity index is 1.93. The second kappa shape index (κ2) is 4.75. The maximum absolute atomic E-state index is 3.57. The van der Waals surface area contributed by atoms with Crippen LogP contribution >= 0.6 is 27.3 Å². The van der Waals surface area contributed by atoms with Gasteiger partial charge in [0.25, 0.3) is 0 Å². The largest absolute Gasteiger partial charge is 0.315 e. The topological polar surface area (TPSA) is 15.3 Å². The molecular weight excluding hydrogens is 260 g/mol. The molecule has 0 bridgehead atoms. The highest BCUT2D eigenvalue weighted by Crippen LogP contribution is 2.23. The third kappa shape index (κ3) is 2.37. The van der Waals surface area contributed by atoms with E-state index >= 15 is 0 Å². The molecule has 1 N–H and O–H groups in total. The first-order chi connectivity index (χ1) is 6.77. The van der Waals surface area contributed by atoms with Gasteiger partial charge in [-0.1, -0.05) is 0 Å². The number of thiophene rings is 1. The van der Waals surface area contributed by atoms with Gasteiger partial charge in [0.2, 0.25) is 0 Å². The molecule has 2 nitrogen and oxygen atoms in total. The zero-order valence-corrected chi connectivity index (χ0v) is 10.7. The zero-order valence-electron chi connectivity index (χ0n) is 8.29. The first-order valence-corrected chi connectivity index (χ1v) is 6.62. The normalized spacial score (nSPS) is 22.1. The van der Waals surface area contributed by atoms with Gasteiger partial charge in [-0.25, -0.2) is 0 Å². The van der Waals surface area contributed by atoms with Crippen molar-refractivity contribution in [2.45, 2.75) is 19.0 Å². The molecular formula is C10H15BrN2S. The minimum absolute atomic E-state index is 0.710. The van der Waals surface area contributed by atoms with E-state index in [-0.39, 0.29) is 0 Å². The van der Waals surface area contributed by atoms with E-state index in [0.29, 0.717) is 6.04 Å². The standard InChI is InChI=1S/C10H15BrN2S/c1-13(9-2-3-12-4-9)5-8-6-14-7-10(8)11/h6-7,9,12H,2-5H2,1H3. The molecule has 0 amide bonds. The highest BCUT2D eigenvalue weighted by atomic mass is 79.9. The number of nitrogens with zero attached hydrogens (tertiary/aromatic N) is 1. The number of hydrogen-bond donors (Lipinski definition) is 1. The van der Waals surface area contributed by atoms with Crippen LogP contribution in [0.2, 0.25) is 0 Å². The maximum atomic E-state index is 3.57. The van der Waals surface area contributed by atoms with E-state index in [1.54, 1.807) is 11.3 Å². The molecule has 1 aromatic rings. The van der Waals surface area contributed by atoms with Crippen LogP contribution < -0.4 is 5.32 Å². The molecule has 2 rings (SSSR count). The van der Waals surface area contributed by atoms with Crippen molar-refractivity contribution in [3.63, 3.8) is 0 Å². The third-order valence-electron chi connectivity index (χ3n) is 2.77. The van der Waals surface area contributed by atoms with E-state index in [2.05, 4.69) is 44.0 Å². The summed E-state index contributed by atoms with van der Waals surface area (Å²) in [5, 5.41) is 7.77. The Morgan fingerprint density at radius 3 is 3.07 bits per heavy atom. The van der Waals surface area contributed by atoms with Crippen molar-refractivity contribution < 1.29 is 0 Å². The minimum Gasteiger partial charge on any atom is -0.315 e. The molecule has 0 saturated carbocycles. The lowest BCUT2D eigenvalue weighted by Gasteiger charge is -2.23. The van der Waals surface area contributed by atoms with Crippen molar-refractivity contribution in [2.75, 3.05) is 20.1 Å². The molecule has 78 valence electrons. The molecule has 4 heteroatoms. The average molecular weight is 275 g/mol. The van der Waals surface area contributed by atoms with Crippen LogP contribution in [0.3, 0.4) is 0 Å². The molecule has 1 unspecified atom stereocenters. The van der Waals surface area contributed by atoms with Crippen molar-refractivity contribution in [2.24, 2.45) is 0 Å². The molecule has 1 aliphatic rings. The van der Waals surface area contributed by atoms with Gasteiger partial charge in [0.15, 0.2) is 0 Å². The van der Waals surface area contributed by atoms with Crippen LogP contribution in [0.15, 0.2) is 15.2 Å². The Labute approximate surface area is 97.4 Å². The summed E-state index contributed by atoms with van der Waals surface area (Å²) in [5.74, 6) is 0. The molecule has 0 spiro atoms. The first kappa shape index (κ1) is 10.6. The fourth-order valence-electron chi connectivity index (χ4n) is 1.83. The van der Waals surface area contributed by atoms with Gasteiger partial charge in [-0.2, -0.15) is 11.3 Å². The number of rotatable bonds is 3. The molecule has 1 saturated heterocycles. The second-order valence-electron chi connectivity index (χ2n) is 3.81. The third-order valence-corrected chi connectivity index (χ3v) is 4.60. The van der Waals surface area contributed by atoms with E-state index in [1.165, 1.54) is 23.0 Å². The van der Waals surface area contributed by atoms with Gasteiger partial charge in [-0.15, -0.1) is 0 Å². The van der Waals surface area contributed by atoms with Crippen molar-refractivity contribution in [1.29, 1.82) is 0 Å². The number of hydrogen-bond acceptors (Lipinski definition) is 3. The Kier molecular flexibility index (Phi) is 3.60. The van der Waals surface area contributed by atoms with Gasteiger partial charge in [0, 0.05) is 29.0 Å². The molecule has 1 fully saturated rings. The summed E-state index contributed by atoms with van der Waals surface area (Å²) in [6.45, 7) is 3.36. The number of nitrogens with one attached hydrogen (secondary N) is 1. The molecule has 0 aliphatic carbocycles. The van der Waals surface area contributed by atoms with Gasteiger partial charge in [0.05, 0.1) is 0 Å². The zero-order chi connectivity index (χ0) is 9.97. The molecule has 1 aliphatic heterocycles. The van der Waals surface area contributed by atoms with Gasteiger partial charge in [-0.3, -0.25) is 4.90 Å². The van der Waals surface area contributed by atoms with Crippen molar-refractivity contribution in [3.05, 3.63) is 20.8 Å². The Morgan fingerprint density at radius 2 is 2.50 bits per heavy atom. The fraction of sp³-hybridized carbons (Fsp3) is 0.600. The van der Waals surface area contributed by atoms with Crippen LogP contribution in [0.4, 0.5) is 0 Å². The summed E-state index contributed by atoms with van der Waals surface area (Å²) < 4.78 is 1.25. The highest BCUT2D eigenvalue weighted by molar-refractivity contribution is 9.10. The van der Waals surface area contributed by atoms with Crippen molar-refractivity contribution in [3.8, 4) is 0 Å². The molecule has 0 radical (unpaired) electrons. The van der Waals surface area contributed by atoms with E-state index in [1.807, 2.05) is 0 Å². The molecule has 2 heterocycles. The first-order valence-electron chi connectivity index (χ1n) is 4.89. The summed E-state index contributed by atoms with van der Waals surface area (Å²) in [5.41, 5.74) is 1.41. The van der Waals surface area contributed by atoms with E-state index in [9.17, 15) is 0 Å². The van der Waals surface area contributed by atoms with E-state index < -0.39 is 0 Å². The second-order valence-corrected chi connectivity index (χ2v) is 5.40. The Morgan fingerprint density at radius 1 is 1.64 bits per heavy atom. The van der Waals surface area contributed by atoms with Crippen LogP contribution in [0.1, 0.15) is 12.0 Å². The fourth-order valence-corrected chi connectivity index (χ4v) is 3.25. The van der Waals surface area contributed by atoms with Crippen LogP contribution in [0.25, 0.3) is 0 Å². The molecule has 0 aromatic carbocycles. The van der Waals surface area contributed by atoms with Gasteiger partial charge < -0.3 is 5.32 Å². The maximum Gasteiger partial charge on any atom is 0.0327 e. The van der Waals surface area contributed by atoms with Crippen LogP contribution in [0.5, 0.6) is 0 Å².